The predicted molar refractivity (Wildman–Crippen MR) is 85.2 cm³/mol. The lowest BCUT2D eigenvalue weighted by molar-refractivity contribution is 0.320. The van der Waals surface area contributed by atoms with Crippen molar-refractivity contribution >= 4 is 0 Å². The molecular weight excluding hydrogens is 264 g/mol. The van der Waals surface area contributed by atoms with E-state index in [2.05, 4.69) is 32.9 Å². The SMILES string of the molecule is COc1ccc(C/C=C(\C)CC[C@H]2OC2(C)C)c(OC)c1. The maximum Gasteiger partial charge on any atom is 0.126 e. The molecule has 3 nitrogen and oxygen atoms in total. The minimum Gasteiger partial charge on any atom is -0.497 e. The van der Waals surface area contributed by atoms with Gasteiger partial charge in [-0.1, -0.05) is 17.7 Å². The van der Waals surface area contributed by atoms with Crippen LogP contribution in [0.5, 0.6) is 11.5 Å². The number of methoxy groups -OCH3 is 2. The summed E-state index contributed by atoms with van der Waals surface area (Å²) in [5.74, 6) is 1.70. The maximum absolute atomic E-state index is 5.62. The highest BCUT2D eigenvalue weighted by atomic mass is 16.6. The van der Waals surface area contributed by atoms with Crippen molar-refractivity contribution in [1.82, 2.24) is 0 Å². The van der Waals surface area contributed by atoms with Gasteiger partial charge in [0.1, 0.15) is 11.5 Å². The van der Waals surface area contributed by atoms with Crippen molar-refractivity contribution in [3.8, 4) is 11.5 Å². The summed E-state index contributed by atoms with van der Waals surface area (Å²) in [6.45, 7) is 6.49. The quantitative estimate of drug-likeness (QED) is 0.558. The molecule has 1 saturated heterocycles. The van der Waals surface area contributed by atoms with Crippen LogP contribution in [0.25, 0.3) is 0 Å². The Kier molecular flexibility index (Phi) is 4.94. The first kappa shape index (κ1) is 15.9. The molecule has 0 N–H and O–H groups in total. The lowest BCUT2D eigenvalue weighted by Crippen LogP contribution is -2.02. The van der Waals surface area contributed by atoms with Crippen molar-refractivity contribution < 1.29 is 14.2 Å². The molecule has 0 bridgehead atoms. The topological polar surface area (TPSA) is 31.0 Å². The number of hydrogen-bond donors (Lipinski definition) is 0. The van der Waals surface area contributed by atoms with Crippen LogP contribution in [-0.2, 0) is 11.2 Å². The molecule has 1 fully saturated rings. The first-order chi connectivity index (χ1) is 9.96. The summed E-state index contributed by atoms with van der Waals surface area (Å²) < 4.78 is 16.3. The lowest BCUT2D eigenvalue weighted by Gasteiger charge is -2.09. The van der Waals surface area contributed by atoms with E-state index < -0.39 is 0 Å². The third-order valence-electron chi connectivity index (χ3n) is 4.13. The van der Waals surface area contributed by atoms with Gasteiger partial charge in [-0.25, -0.2) is 0 Å². The lowest BCUT2D eigenvalue weighted by atomic mass is 10.0. The van der Waals surface area contributed by atoms with Crippen LogP contribution >= 0.6 is 0 Å². The number of epoxide rings is 1. The molecule has 1 aromatic rings. The molecule has 0 amide bonds. The Morgan fingerprint density at radius 2 is 2.00 bits per heavy atom. The van der Waals surface area contributed by atoms with Gasteiger partial charge in [0.25, 0.3) is 0 Å². The first-order valence-electron chi connectivity index (χ1n) is 7.50. The van der Waals surface area contributed by atoms with Gasteiger partial charge in [-0.2, -0.15) is 0 Å². The molecule has 0 saturated carbocycles. The van der Waals surface area contributed by atoms with Crippen molar-refractivity contribution in [1.29, 1.82) is 0 Å². The van der Waals surface area contributed by atoms with Crippen LogP contribution in [-0.4, -0.2) is 25.9 Å². The minimum absolute atomic E-state index is 0.0967. The van der Waals surface area contributed by atoms with E-state index in [1.165, 1.54) is 11.1 Å². The van der Waals surface area contributed by atoms with E-state index in [-0.39, 0.29) is 5.60 Å². The fourth-order valence-electron chi connectivity index (χ4n) is 2.50. The molecule has 1 atom stereocenters. The van der Waals surface area contributed by atoms with Crippen molar-refractivity contribution in [3.63, 3.8) is 0 Å². The van der Waals surface area contributed by atoms with Gasteiger partial charge in [-0.3, -0.25) is 0 Å². The van der Waals surface area contributed by atoms with Crippen LogP contribution in [0.1, 0.15) is 39.2 Å². The van der Waals surface area contributed by atoms with Crippen molar-refractivity contribution in [2.24, 2.45) is 0 Å². The summed E-state index contributed by atoms with van der Waals surface area (Å²) in [6.07, 6.45) is 5.78. The van der Waals surface area contributed by atoms with E-state index >= 15 is 0 Å². The van der Waals surface area contributed by atoms with Gasteiger partial charge in [0.05, 0.1) is 25.9 Å². The number of benzene rings is 1. The first-order valence-corrected chi connectivity index (χ1v) is 7.50. The van der Waals surface area contributed by atoms with E-state index in [1.807, 2.05) is 12.1 Å². The Morgan fingerprint density at radius 1 is 1.29 bits per heavy atom. The average Bonchev–Trinajstić information content (AvgIpc) is 3.10. The van der Waals surface area contributed by atoms with E-state index in [4.69, 9.17) is 14.2 Å². The molecule has 0 aromatic heterocycles. The van der Waals surface area contributed by atoms with Crippen LogP contribution in [0.4, 0.5) is 0 Å². The highest BCUT2D eigenvalue weighted by molar-refractivity contribution is 5.41. The molecule has 3 heteroatoms. The van der Waals surface area contributed by atoms with Gasteiger partial charge in [-0.15, -0.1) is 0 Å². The summed E-state index contributed by atoms with van der Waals surface area (Å²) in [5.41, 5.74) is 2.68. The maximum atomic E-state index is 5.62. The zero-order valence-electron chi connectivity index (χ0n) is 13.7. The third kappa shape index (κ3) is 4.24. The monoisotopic (exact) mass is 290 g/mol. The summed E-state index contributed by atoms with van der Waals surface area (Å²) in [6, 6.07) is 5.97. The summed E-state index contributed by atoms with van der Waals surface area (Å²) >= 11 is 0. The molecule has 2 rings (SSSR count). The molecule has 1 aliphatic heterocycles. The number of allylic oxidation sites excluding steroid dienone is 2. The van der Waals surface area contributed by atoms with Gasteiger partial charge in [0.2, 0.25) is 0 Å². The van der Waals surface area contributed by atoms with Gasteiger partial charge < -0.3 is 14.2 Å². The third-order valence-corrected chi connectivity index (χ3v) is 4.13. The zero-order chi connectivity index (χ0) is 15.5. The average molecular weight is 290 g/mol. The Bertz CT molecular complexity index is 517. The summed E-state index contributed by atoms with van der Waals surface area (Å²) in [7, 11) is 3.36. The van der Waals surface area contributed by atoms with Gasteiger partial charge in [0.15, 0.2) is 0 Å². The molecule has 1 aliphatic rings. The van der Waals surface area contributed by atoms with Crippen LogP contribution in [0.15, 0.2) is 29.8 Å². The Morgan fingerprint density at radius 3 is 2.57 bits per heavy atom. The summed E-state index contributed by atoms with van der Waals surface area (Å²) in [4.78, 5) is 0. The highest BCUT2D eigenvalue weighted by Gasteiger charge is 2.46. The second kappa shape index (κ2) is 6.52. The normalized spacial score (nSPS) is 20.2. The molecule has 0 spiro atoms. The van der Waals surface area contributed by atoms with Crippen LogP contribution < -0.4 is 9.47 Å². The van der Waals surface area contributed by atoms with E-state index in [0.29, 0.717) is 6.10 Å². The zero-order valence-corrected chi connectivity index (χ0v) is 13.7. The van der Waals surface area contributed by atoms with E-state index in [0.717, 1.165) is 30.8 Å². The van der Waals surface area contributed by atoms with Crippen molar-refractivity contribution in [2.75, 3.05) is 14.2 Å². The summed E-state index contributed by atoms with van der Waals surface area (Å²) in [5, 5.41) is 0. The standard InChI is InChI=1S/C18H26O3/c1-13(7-11-17-18(2,3)21-17)6-8-14-9-10-15(19-4)12-16(14)20-5/h6,9-10,12,17H,7-8,11H2,1-5H3/b13-6+/t17-/m1/s1. The van der Waals surface area contributed by atoms with Crippen LogP contribution in [0.2, 0.25) is 0 Å². The Labute approximate surface area is 127 Å². The van der Waals surface area contributed by atoms with Gasteiger partial charge >= 0.3 is 0 Å². The van der Waals surface area contributed by atoms with Crippen LogP contribution in [0.3, 0.4) is 0 Å². The molecule has 1 aromatic carbocycles. The molecule has 0 aliphatic carbocycles. The number of hydrogen-bond acceptors (Lipinski definition) is 3. The van der Waals surface area contributed by atoms with Crippen molar-refractivity contribution in [2.45, 2.75) is 51.7 Å². The molecule has 1 heterocycles. The fraction of sp³-hybridized carbons (Fsp3) is 0.556. The van der Waals surface area contributed by atoms with E-state index in [1.54, 1.807) is 14.2 Å². The second-order valence-corrected chi connectivity index (χ2v) is 6.18. The molecule has 0 radical (unpaired) electrons. The molecule has 0 unspecified atom stereocenters. The number of rotatable bonds is 7. The molecule has 116 valence electrons. The van der Waals surface area contributed by atoms with Gasteiger partial charge in [0, 0.05) is 6.07 Å². The predicted octanol–water partition coefficient (Wildman–Crippen LogP) is 4.15. The largest absolute Gasteiger partial charge is 0.497 e. The van der Waals surface area contributed by atoms with Crippen molar-refractivity contribution in [3.05, 3.63) is 35.4 Å². The van der Waals surface area contributed by atoms with Crippen LogP contribution in [0, 0.1) is 0 Å². The number of ether oxygens (including phenoxy) is 3. The molecular formula is C18H26O3. The fourth-order valence-corrected chi connectivity index (χ4v) is 2.50. The van der Waals surface area contributed by atoms with E-state index in [9.17, 15) is 0 Å². The van der Waals surface area contributed by atoms with Gasteiger partial charge in [-0.05, 0) is 51.7 Å². The smallest absolute Gasteiger partial charge is 0.126 e. The second-order valence-electron chi connectivity index (χ2n) is 6.18. The highest BCUT2D eigenvalue weighted by Crippen LogP contribution is 2.39. The Balaban J connectivity index is 1.90. The minimum atomic E-state index is 0.0967. The molecule has 21 heavy (non-hydrogen) atoms. The Hall–Kier alpha value is -1.48.